The Labute approximate surface area is 190 Å². The molecule has 0 bridgehead atoms. The third-order valence-electron chi connectivity index (χ3n) is 5.53. The number of anilines is 1. The fourth-order valence-corrected chi connectivity index (χ4v) is 4.72. The molecule has 1 aromatic carbocycles. The number of furan rings is 1. The molecule has 7 nitrogen and oxygen atoms in total. The van der Waals surface area contributed by atoms with Crippen molar-refractivity contribution >= 4 is 35.2 Å². The van der Waals surface area contributed by atoms with Crippen molar-refractivity contribution in [2.75, 3.05) is 23.7 Å². The molecular formula is C22H24ClN5O2S. The molecule has 2 fully saturated rings. The van der Waals surface area contributed by atoms with E-state index in [0.717, 1.165) is 48.4 Å². The summed E-state index contributed by atoms with van der Waals surface area (Å²) in [5, 5.41) is 13.3. The molecule has 2 aliphatic rings. The van der Waals surface area contributed by atoms with E-state index in [0.29, 0.717) is 29.1 Å². The standard InChI is InChI=1S/C22H24ClN5O2S/c23-16-5-3-15(4-6-16)19-10-9-18(30-19)13-24-20(29)14-31-22-26-25-21(27-11-1-2-12-27)28(22)17-7-8-17/h3-6,9-10,17H,1-2,7-8,11-14H2,(H,24,29). The number of nitrogens with one attached hydrogen (secondary N) is 1. The van der Waals surface area contributed by atoms with Crippen LogP contribution in [0.1, 0.15) is 37.5 Å². The maximum absolute atomic E-state index is 12.4. The Morgan fingerprint density at radius 3 is 2.65 bits per heavy atom. The molecule has 1 amide bonds. The fourth-order valence-electron chi connectivity index (χ4n) is 3.76. The Bertz CT molecular complexity index is 1050. The van der Waals surface area contributed by atoms with Crippen molar-refractivity contribution in [3.63, 3.8) is 0 Å². The molecule has 3 heterocycles. The maximum atomic E-state index is 12.4. The van der Waals surface area contributed by atoms with Gasteiger partial charge in [-0.1, -0.05) is 23.4 Å². The lowest BCUT2D eigenvalue weighted by Crippen LogP contribution is -2.24. The molecule has 1 saturated carbocycles. The van der Waals surface area contributed by atoms with Crippen molar-refractivity contribution in [1.29, 1.82) is 0 Å². The molecule has 1 aliphatic carbocycles. The fraction of sp³-hybridized carbons (Fsp3) is 0.409. The first-order valence-corrected chi connectivity index (χ1v) is 12.0. The zero-order valence-corrected chi connectivity index (χ0v) is 18.7. The van der Waals surface area contributed by atoms with Gasteiger partial charge in [0.25, 0.3) is 0 Å². The van der Waals surface area contributed by atoms with E-state index >= 15 is 0 Å². The third kappa shape index (κ3) is 4.75. The first kappa shape index (κ1) is 20.5. The number of hydrogen-bond acceptors (Lipinski definition) is 6. The summed E-state index contributed by atoms with van der Waals surface area (Å²) >= 11 is 7.38. The Balaban J connectivity index is 1.15. The summed E-state index contributed by atoms with van der Waals surface area (Å²) in [4.78, 5) is 14.7. The van der Waals surface area contributed by atoms with Gasteiger partial charge in [0, 0.05) is 29.7 Å². The summed E-state index contributed by atoms with van der Waals surface area (Å²) in [6, 6.07) is 11.7. The van der Waals surface area contributed by atoms with Crippen molar-refractivity contribution in [2.24, 2.45) is 0 Å². The quantitative estimate of drug-likeness (QED) is 0.500. The lowest BCUT2D eigenvalue weighted by Gasteiger charge is -2.17. The molecule has 0 atom stereocenters. The van der Waals surface area contributed by atoms with Gasteiger partial charge < -0.3 is 14.6 Å². The van der Waals surface area contributed by atoms with Crippen LogP contribution in [0.3, 0.4) is 0 Å². The third-order valence-corrected chi connectivity index (χ3v) is 6.73. The second-order valence-electron chi connectivity index (χ2n) is 7.92. The average molecular weight is 458 g/mol. The van der Waals surface area contributed by atoms with Gasteiger partial charge in [-0.2, -0.15) is 0 Å². The normalized spacial score (nSPS) is 16.1. The van der Waals surface area contributed by atoms with Gasteiger partial charge in [0.1, 0.15) is 11.5 Å². The molecule has 0 radical (unpaired) electrons. The lowest BCUT2D eigenvalue weighted by molar-refractivity contribution is -0.118. The van der Waals surface area contributed by atoms with E-state index in [1.807, 2.05) is 36.4 Å². The predicted octanol–water partition coefficient (Wildman–Crippen LogP) is 4.54. The van der Waals surface area contributed by atoms with Gasteiger partial charge >= 0.3 is 0 Å². The molecule has 162 valence electrons. The van der Waals surface area contributed by atoms with E-state index in [2.05, 4.69) is 25.0 Å². The molecule has 1 aliphatic heterocycles. The van der Waals surface area contributed by atoms with Gasteiger partial charge in [0.05, 0.1) is 12.3 Å². The first-order chi connectivity index (χ1) is 15.2. The molecule has 5 rings (SSSR count). The van der Waals surface area contributed by atoms with E-state index in [4.69, 9.17) is 16.0 Å². The second-order valence-corrected chi connectivity index (χ2v) is 9.30. The number of thioether (sulfide) groups is 1. The van der Waals surface area contributed by atoms with Crippen LogP contribution in [0.15, 0.2) is 46.0 Å². The Hall–Kier alpha value is -2.45. The van der Waals surface area contributed by atoms with Gasteiger partial charge in [-0.15, -0.1) is 10.2 Å². The molecule has 9 heteroatoms. The number of hydrogen-bond donors (Lipinski definition) is 1. The van der Waals surface area contributed by atoms with Crippen LogP contribution in [0, 0.1) is 0 Å². The van der Waals surface area contributed by atoms with Crippen molar-refractivity contribution < 1.29 is 9.21 Å². The van der Waals surface area contributed by atoms with Crippen LogP contribution in [-0.2, 0) is 11.3 Å². The molecule has 1 N–H and O–H groups in total. The number of benzene rings is 1. The van der Waals surface area contributed by atoms with Crippen LogP contribution in [0.2, 0.25) is 5.02 Å². The summed E-state index contributed by atoms with van der Waals surface area (Å²) in [6.07, 6.45) is 4.73. The summed E-state index contributed by atoms with van der Waals surface area (Å²) in [6.45, 7) is 2.43. The number of aromatic nitrogens is 3. The van der Waals surface area contributed by atoms with E-state index in [9.17, 15) is 4.79 Å². The number of rotatable bonds is 8. The number of nitrogens with zero attached hydrogens (tertiary/aromatic N) is 4. The molecule has 0 spiro atoms. The second kappa shape index (κ2) is 8.96. The minimum atomic E-state index is -0.0532. The van der Waals surface area contributed by atoms with Crippen LogP contribution < -0.4 is 10.2 Å². The predicted molar refractivity (Wildman–Crippen MR) is 121 cm³/mol. The van der Waals surface area contributed by atoms with Crippen LogP contribution in [0.5, 0.6) is 0 Å². The van der Waals surface area contributed by atoms with Crippen molar-refractivity contribution in [1.82, 2.24) is 20.1 Å². The van der Waals surface area contributed by atoms with Crippen LogP contribution in [0.4, 0.5) is 5.95 Å². The smallest absolute Gasteiger partial charge is 0.230 e. The van der Waals surface area contributed by atoms with Crippen LogP contribution >= 0.6 is 23.4 Å². The zero-order valence-electron chi connectivity index (χ0n) is 17.1. The highest BCUT2D eigenvalue weighted by molar-refractivity contribution is 7.99. The van der Waals surface area contributed by atoms with Gasteiger partial charge in [-0.05, 0) is 62.1 Å². The number of amides is 1. The molecule has 2 aromatic heterocycles. The molecular weight excluding hydrogens is 434 g/mol. The minimum Gasteiger partial charge on any atom is -0.459 e. The Kier molecular flexibility index (Phi) is 5.91. The van der Waals surface area contributed by atoms with Gasteiger partial charge in [-0.25, -0.2) is 0 Å². The molecule has 31 heavy (non-hydrogen) atoms. The van der Waals surface area contributed by atoms with Gasteiger partial charge in [0.15, 0.2) is 5.16 Å². The minimum absolute atomic E-state index is 0.0532. The van der Waals surface area contributed by atoms with E-state index < -0.39 is 0 Å². The van der Waals surface area contributed by atoms with Crippen molar-refractivity contribution in [2.45, 2.75) is 43.4 Å². The lowest BCUT2D eigenvalue weighted by atomic mass is 10.2. The SMILES string of the molecule is O=C(CSc1nnc(N2CCCC2)n1C1CC1)NCc1ccc(-c2ccc(Cl)cc2)o1. The highest BCUT2D eigenvalue weighted by Crippen LogP contribution is 2.41. The van der Waals surface area contributed by atoms with Gasteiger partial charge in [0.2, 0.25) is 11.9 Å². The monoisotopic (exact) mass is 457 g/mol. The summed E-state index contributed by atoms with van der Waals surface area (Å²) < 4.78 is 8.08. The molecule has 1 saturated heterocycles. The molecule has 3 aromatic rings. The number of carbonyl (C=O) groups excluding carboxylic acids is 1. The van der Waals surface area contributed by atoms with Crippen LogP contribution in [-0.4, -0.2) is 39.5 Å². The van der Waals surface area contributed by atoms with Crippen LogP contribution in [0.25, 0.3) is 11.3 Å². The average Bonchev–Trinajstić information content (AvgIpc) is 3.18. The topological polar surface area (TPSA) is 76.2 Å². The van der Waals surface area contributed by atoms with Crippen molar-refractivity contribution in [3.8, 4) is 11.3 Å². The number of halogens is 1. The molecule has 0 unspecified atom stereocenters. The van der Waals surface area contributed by atoms with Crippen molar-refractivity contribution in [3.05, 3.63) is 47.2 Å². The maximum Gasteiger partial charge on any atom is 0.230 e. The summed E-state index contributed by atoms with van der Waals surface area (Å²) in [5.41, 5.74) is 0.950. The summed E-state index contributed by atoms with van der Waals surface area (Å²) in [5.74, 6) is 2.68. The first-order valence-electron chi connectivity index (χ1n) is 10.6. The largest absolute Gasteiger partial charge is 0.459 e. The van der Waals surface area contributed by atoms with E-state index in [-0.39, 0.29) is 5.91 Å². The highest BCUT2D eigenvalue weighted by Gasteiger charge is 2.32. The van der Waals surface area contributed by atoms with Gasteiger partial charge in [-0.3, -0.25) is 9.36 Å². The van der Waals surface area contributed by atoms with E-state index in [1.54, 1.807) is 0 Å². The Morgan fingerprint density at radius 2 is 1.90 bits per heavy atom. The van der Waals surface area contributed by atoms with E-state index in [1.165, 1.54) is 24.6 Å². The Morgan fingerprint density at radius 1 is 1.13 bits per heavy atom. The number of carbonyl (C=O) groups is 1. The highest BCUT2D eigenvalue weighted by atomic mass is 35.5. The summed E-state index contributed by atoms with van der Waals surface area (Å²) in [7, 11) is 0. The zero-order chi connectivity index (χ0) is 21.2.